The third-order valence-electron chi connectivity index (χ3n) is 3.81. The maximum Gasteiger partial charge on any atom is 0.137 e. The minimum absolute atomic E-state index is 0.292. The van der Waals surface area contributed by atoms with E-state index in [0.29, 0.717) is 23.7 Å². The maximum absolute atomic E-state index is 12.0. The Morgan fingerprint density at radius 2 is 1.94 bits per heavy atom. The topological polar surface area (TPSA) is 20.3 Å². The zero-order valence-electron chi connectivity index (χ0n) is 12.2. The average Bonchev–Trinajstić information content (AvgIpc) is 2.21. The third kappa shape index (κ3) is 4.79. The van der Waals surface area contributed by atoms with Gasteiger partial charge in [-0.1, -0.05) is 20.8 Å². The van der Waals surface area contributed by atoms with E-state index in [0.717, 1.165) is 38.3 Å². The Balaban J connectivity index is 2.55. The van der Waals surface area contributed by atoms with E-state index in [1.807, 2.05) is 0 Å². The molecular weight excluding hydrogens is 210 g/mol. The highest BCUT2D eigenvalue weighted by Crippen LogP contribution is 2.27. The Hall–Kier alpha value is -0.370. The minimum atomic E-state index is 0.292. The summed E-state index contributed by atoms with van der Waals surface area (Å²) in [4.78, 5) is 14.4. The standard InChI is InChI=1S/C15H29NO/c1-11(2)9-16(12(3)4)10-14-8-13(5)6-7-15(14)17/h11-14H,6-10H2,1-5H3. The maximum atomic E-state index is 12.0. The molecule has 0 spiro atoms. The molecule has 1 rings (SSSR count). The van der Waals surface area contributed by atoms with Gasteiger partial charge in [0.15, 0.2) is 0 Å². The first-order chi connectivity index (χ1) is 7.90. The van der Waals surface area contributed by atoms with Gasteiger partial charge in [-0.15, -0.1) is 0 Å². The molecule has 1 fully saturated rings. The predicted octanol–water partition coefficient (Wildman–Crippen LogP) is 3.36. The predicted molar refractivity (Wildman–Crippen MR) is 73.1 cm³/mol. The molecular formula is C15H29NO. The summed E-state index contributed by atoms with van der Waals surface area (Å²) < 4.78 is 0. The molecule has 2 nitrogen and oxygen atoms in total. The van der Waals surface area contributed by atoms with Crippen LogP contribution < -0.4 is 0 Å². The van der Waals surface area contributed by atoms with Gasteiger partial charge in [-0.3, -0.25) is 9.69 Å². The van der Waals surface area contributed by atoms with Crippen LogP contribution in [0.3, 0.4) is 0 Å². The highest BCUT2D eigenvalue weighted by molar-refractivity contribution is 5.81. The van der Waals surface area contributed by atoms with Crippen LogP contribution in [0.15, 0.2) is 0 Å². The smallest absolute Gasteiger partial charge is 0.137 e. The number of carbonyl (C=O) groups is 1. The first-order valence-electron chi connectivity index (χ1n) is 7.16. The molecule has 0 N–H and O–H groups in total. The van der Waals surface area contributed by atoms with Crippen LogP contribution in [0.4, 0.5) is 0 Å². The van der Waals surface area contributed by atoms with Crippen molar-refractivity contribution in [3.05, 3.63) is 0 Å². The number of ketones is 1. The first kappa shape index (κ1) is 14.7. The zero-order valence-corrected chi connectivity index (χ0v) is 12.2. The van der Waals surface area contributed by atoms with Crippen molar-refractivity contribution < 1.29 is 4.79 Å². The Kier molecular flexibility index (Phi) is 5.64. The van der Waals surface area contributed by atoms with E-state index in [4.69, 9.17) is 0 Å². The van der Waals surface area contributed by atoms with E-state index in [2.05, 4.69) is 39.5 Å². The van der Waals surface area contributed by atoms with Gasteiger partial charge in [-0.2, -0.15) is 0 Å². The Labute approximate surface area is 107 Å². The fraction of sp³-hybridized carbons (Fsp3) is 0.933. The van der Waals surface area contributed by atoms with Crippen LogP contribution in [0.2, 0.25) is 0 Å². The SMILES string of the molecule is CC(C)CN(CC1CC(C)CCC1=O)C(C)C. The van der Waals surface area contributed by atoms with Gasteiger partial charge in [0.25, 0.3) is 0 Å². The zero-order chi connectivity index (χ0) is 13.0. The molecule has 1 aliphatic rings. The van der Waals surface area contributed by atoms with Crippen LogP contribution >= 0.6 is 0 Å². The Bertz CT molecular complexity index is 247. The first-order valence-corrected chi connectivity index (χ1v) is 7.16. The lowest BCUT2D eigenvalue weighted by Gasteiger charge is -2.34. The van der Waals surface area contributed by atoms with Gasteiger partial charge in [-0.05, 0) is 38.5 Å². The molecule has 0 aromatic carbocycles. The second kappa shape index (κ2) is 6.53. The van der Waals surface area contributed by atoms with Crippen molar-refractivity contribution >= 4 is 5.78 Å². The fourth-order valence-corrected chi connectivity index (χ4v) is 2.75. The molecule has 0 bridgehead atoms. The van der Waals surface area contributed by atoms with Gasteiger partial charge >= 0.3 is 0 Å². The molecule has 0 aromatic heterocycles. The van der Waals surface area contributed by atoms with Crippen molar-refractivity contribution in [3.63, 3.8) is 0 Å². The lowest BCUT2D eigenvalue weighted by molar-refractivity contribution is -0.126. The number of carbonyl (C=O) groups excluding carboxylic acids is 1. The second-order valence-corrected chi connectivity index (χ2v) is 6.48. The second-order valence-electron chi connectivity index (χ2n) is 6.48. The third-order valence-corrected chi connectivity index (χ3v) is 3.81. The van der Waals surface area contributed by atoms with E-state index in [1.165, 1.54) is 0 Å². The number of rotatable bonds is 5. The minimum Gasteiger partial charge on any atom is -0.300 e. The van der Waals surface area contributed by atoms with Gasteiger partial charge in [0.05, 0.1) is 0 Å². The number of hydrogen-bond donors (Lipinski definition) is 0. The molecule has 100 valence electrons. The van der Waals surface area contributed by atoms with E-state index < -0.39 is 0 Å². The van der Waals surface area contributed by atoms with Crippen molar-refractivity contribution in [2.24, 2.45) is 17.8 Å². The van der Waals surface area contributed by atoms with E-state index >= 15 is 0 Å². The summed E-state index contributed by atoms with van der Waals surface area (Å²) in [6.45, 7) is 13.3. The molecule has 0 amide bonds. The van der Waals surface area contributed by atoms with Gasteiger partial charge in [0.1, 0.15) is 5.78 Å². The van der Waals surface area contributed by atoms with Crippen molar-refractivity contribution in [1.82, 2.24) is 4.90 Å². The Morgan fingerprint density at radius 1 is 1.29 bits per heavy atom. The van der Waals surface area contributed by atoms with E-state index in [-0.39, 0.29) is 0 Å². The summed E-state index contributed by atoms with van der Waals surface area (Å²) in [5.74, 6) is 2.19. The van der Waals surface area contributed by atoms with Crippen molar-refractivity contribution in [2.45, 2.75) is 59.9 Å². The highest BCUT2D eigenvalue weighted by Gasteiger charge is 2.28. The highest BCUT2D eigenvalue weighted by atomic mass is 16.1. The molecule has 0 aromatic rings. The van der Waals surface area contributed by atoms with Crippen molar-refractivity contribution in [1.29, 1.82) is 0 Å². The Morgan fingerprint density at radius 3 is 2.47 bits per heavy atom. The molecule has 2 unspecified atom stereocenters. The molecule has 2 atom stereocenters. The summed E-state index contributed by atoms with van der Waals surface area (Å²) in [5, 5.41) is 0. The summed E-state index contributed by atoms with van der Waals surface area (Å²) in [6, 6.07) is 0.544. The van der Waals surface area contributed by atoms with Gasteiger partial charge in [0.2, 0.25) is 0 Å². The molecule has 17 heavy (non-hydrogen) atoms. The molecule has 1 saturated carbocycles. The van der Waals surface area contributed by atoms with Crippen LogP contribution in [-0.2, 0) is 4.79 Å². The summed E-state index contributed by atoms with van der Waals surface area (Å²) in [7, 11) is 0. The molecule has 2 heteroatoms. The normalized spacial score (nSPS) is 26.2. The van der Waals surface area contributed by atoms with Crippen molar-refractivity contribution in [2.75, 3.05) is 13.1 Å². The van der Waals surface area contributed by atoms with Crippen LogP contribution in [-0.4, -0.2) is 29.8 Å². The lowest BCUT2D eigenvalue weighted by atomic mass is 9.81. The summed E-state index contributed by atoms with van der Waals surface area (Å²) in [5.41, 5.74) is 0. The van der Waals surface area contributed by atoms with Crippen LogP contribution in [0.25, 0.3) is 0 Å². The average molecular weight is 239 g/mol. The number of hydrogen-bond acceptors (Lipinski definition) is 2. The van der Waals surface area contributed by atoms with Crippen LogP contribution in [0.1, 0.15) is 53.9 Å². The van der Waals surface area contributed by atoms with Gasteiger partial charge in [0, 0.05) is 31.5 Å². The quantitative estimate of drug-likeness (QED) is 0.733. The molecule has 1 aliphatic carbocycles. The monoisotopic (exact) mass is 239 g/mol. The lowest BCUT2D eigenvalue weighted by Crippen LogP contribution is -2.41. The summed E-state index contributed by atoms with van der Waals surface area (Å²) in [6.07, 6.45) is 3.00. The van der Waals surface area contributed by atoms with Gasteiger partial charge < -0.3 is 0 Å². The number of Topliss-reactive ketones (excluding diaryl/α,β-unsaturated/α-hetero) is 1. The van der Waals surface area contributed by atoms with Gasteiger partial charge in [-0.25, -0.2) is 0 Å². The van der Waals surface area contributed by atoms with Crippen molar-refractivity contribution in [3.8, 4) is 0 Å². The fourth-order valence-electron chi connectivity index (χ4n) is 2.75. The van der Waals surface area contributed by atoms with E-state index in [9.17, 15) is 4.79 Å². The summed E-state index contributed by atoms with van der Waals surface area (Å²) >= 11 is 0. The number of nitrogens with zero attached hydrogens (tertiary/aromatic N) is 1. The van der Waals surface area contributed by atoms with E-state index in [1.54, 1.807) is 0 Å². The molecule has 0 heterocycles. The van der Waals surface area contributed by atoms with Crippen LogP contribution in [0, 0.1) is 17.8 Å². The molecule has 0 aliphatic heterocycles. The molecule has 0 saturated heterocycles. The van der Waals surface area contributed by atoms with Crippen LogP contribution in [0.5, 0.6) is 0 Å². The molecule has 0 radical (unpaired) electrons. The largest absolute Gasteiger partial charge is 0.300 e.